The van der Waals surface area contributed by atoms with Gasteiger partial charge in [-0.1, -0.05) is 310 Å². The second kappa shape index (κ2) is 22.3. The minimum Gasteiger partial charge on any atom is -0.218 e. The third kappa shape index (κ3) is 14.6. The zero-order valence-electron chi connectivity index (χ0n) is 62.2. The molecule has 0 aliphatic carbocycles. The van der Waals surface area contributed by atoms with Crippen molar-refractivity contribution in [1.82, 2.24) is 0 Å². The van der Waals surface area contributed by atoms with E-state index in [1.807, 2.05) is 0 Å². The van der Waals surface area contributed by atoms with Gasteiger partial charge in [0, 0.05) is 11.1 Å². The van der Waals surface area contributed by atoms with Gasteiger partial charge in [-0.25, -0.2) is 8.42 Å². The smallest absolute Gasteiger partial charge is 0.207 e. The number of hydrogen-bond donors (Lipinski definition) is 0. The molecular weight excluding hydrogens is 1070 g/mol. The maximum Gasteiger partial charge on any atom is 0.207 e. The molecule has 2 radical (unpaired) electrons. The van der Waals surface area contributed by atoms with Gasteiger partial charge in [0.15, 0.2) is 0 Å². The first-order chi connectivity index (χ1) is 38.5. The molecule has 0 fully saturated rings. The first-order valence-corrected chi connectivity index (χ1v) is 34.2. The summed E-state index contributed by atoms with van der Waals surface area (Å²) in [4.78, 5) is 0.565. The van der Waals surface area contributed by atoms with Crippen LogP contribution in [-0.4, -0.2) is 8.42 Å². The molecule has 0 N–H and O–H groups in total. The van der Waals surface area contributed by atoms with Crippen LogP contribution < -0.4 is 0 Å². The third-order valence-corrected chi connectivity index (χ3v) is 19.8. The fourth-order valence-electron chi connectivity index (χ4n) is 12.5. The van der Waals surface area contributed by atoms with Crippen molar-refractivity contribution in [2.75, 3.05) is 0 Å². The molecule has 0 heterocycles. The Morgan fingerprint density at radius 2 is 0.437 bits per heavy atom. The van der Waals surface area contributed by atoms with E-state index in [-0.39, 0.29) is 26.6 Å². The molecule has 0 aromatic heterocycles. The number of benzene rings is 6. The van der Waals surface area contributed by atoms with Crippen LogP contribution in [0.5, 0.6) is 0 Å². The van der Waals surface area contributed by atoms with Crippen LogP contribution in [0.1, 0.15) is 316 Å². The van der Waals surface area contributed by atoms with Crippen LogP contribution in [0.15, 0.2) is 82.6 Å². The van der Waals surface area contributed by atoms with Crippen LogP contribution in [0.2, 0.25) is 0 Å². The van der Waals surface area contributed by atoms with Crippen LogP contribution in [-0.2, 0) is 74.8 Å². The summed E-state index contributed by atoms with van der Waals surface area (Å²) in [5, 5.41) is 0. The highest BCUT2D eigenvalue weighted by atomic mass is 32.2. The van der Waals surface area contributed by atoms with E-state index in [1.165, 1.54) is 44.5 Å². The molecule has 6 aromatic rings. The highest BCUT2D eigenvalue weighted by Crippen LogP contribution is 2.60. The Balaban J connectivity index is 2.46. The van der Waals surface area contributed by atoms with Gasteiger partial charge < -0.3 is 0 Å². The van der Waals surface area contributed by atoms with Gasteiger partial charge in [0.2, 0.25) is 9.84 Å². The second-order valence-corrected chi connectivity index (χ2v) is 40.4. The third-order valence-electron chi connectivity index (χ3n) is 18.0. The van der Waals surface area contributed by atoms with E-state index in [0.29, 0.717) is 4.90 Å². The lowest BCUT2D eigenvalue weighted by atomic mass is 9.65. The first-order valence-electron chi connectivity index (χ1n) is 32.7. The second-order valence-electron chi connectivity index (χ2n) is 38.5. The molecule has 0 aliphatic rings. The summed E-state index contributed by atoms with van der Waals surface area (Å²) in [5.74, 6) is 0. The zero-order chi connectivity index (χ0) is 67.1. The minimum atomic E-state index is -4.58. The van der Waals surface area contributed by atoms with Crippen molar-refractivity contribution in [3.63, 3.8) is 0 Å². The van der Waals surface area contributed by atoms with E-state index in [4.69, 9.17) is 0 Å². The van der Waals surface area contributed by atoms with E-state index in [2.05, 4.69) is 310 Å². The lowest BCUT2D eigenvalue weighted by Gasteiger charge is -2.40. The molecular formula is C84H120O2S. The Morgan fingerprint density at radius 1 is 0.253 bits per heavy atom. The van der Waals surface area contributed by atoms with Gasteiger partial charge in [0.25, 0.3) is 0 Å². The highest BCUT2D eigenvalue weighted by Gasteiger charge is 2.44. The maximum atomic E-state index is 18.2. The van der Waals surface area contributed by atoms with Crippen LogP contribution >= 0.6 is 0 Å². The lowest BCUT2D eigenvalue weighted by Crippen LogP contribution is -2.27. The monoisotopic (exact) mass is 1190 g/mol. The first kappa shape index (κ1) is 71.3. The van der Waals surface area contributed by atoms with E-state index in [9.17, 15) is 0 Å². The molecule has 0 unspecified atom stereocenters. The topological polar surface area (TPSA) is 34.1 Å². The summed E-state index contributed by atoms with van der Waals surface area (Å²) < 4.78 is 36.3. The molecule has 3 heteroatoms. The minimum absolute atomic E-state index is 0.204. The molecule has 0 atom stereocenters. The van der Waals surface area contributed by atoms with Gasteiger partial charge in [0.1, 0.15) is 0 Å². The summed E-state index contributed by atoms with van der Waals surface area (Å²) in [6, 6.07) is 34.7. The quantitative estimate of drug-likeness (QED) is 0.167. The Labute approximate surface area is 535 Å². The van der Waals surface area contributed by atoms with Gasteiger partial charge in [0.05, 0.1) is 9.79 Å². The van der Waals surface area contributed by atoms with E-state index in [0.717, 1.165) is 66.8 Å². The SMILES string of the molecule is CC(C)(C)c1cc(C(C)(C)C)c(-c2[c]c(-c3c(C(C)(C)C)cc(C(C)(C)C)cc3C(C)(C)C)c(-c3c(C(C)(C)C)cc(C(C)(C)C)cc3C(C)(C)C)c(S(=O)(=O)c3cc[c]cc3)c2-c2c(C(C)(C)C)cc(C(C)(C)C)cc2C(C)(C)C)c(C(C)(C)C)c1. The maximum absolute atomic E-state index is 18.2. The number of rotatable bonds is 6. The van der Waals surface area contributed by atoms with Crippen molar-refractivity contribution in [3.05, 3.63) is 152 Å². The lowest BCUT2D eigenvalue weighted by molar-refractivity contribution is 0.547. The van der Waals surface area contributed by atoms with Gasteiger partial charge in [-0.2, -0.15) is 0 Å². The zero-order valence-corrected chi connectivity index (χ0v) is 63.0. The van der Waals surface area contributed by atoms with Crippen molar-refractivity contribution in [3.8, 4) is 44.5 Å². The molecule has 2 nitrogen and oxygen atoms in total. The molecule has 0 amide bonds. The molecule has 0 aliphatic heterocycles. The Kier molecular flexibility index (Phi) is 18.3. The van der Waals surface area contributed by atoms with Crippen LogP contribution in [0, 0.1) is 12.1 Å². The molecule has 0 saturated carbocycles. The molecule has 0 spiro atoms. The Morgan fingerprint density at radius 3 is 0.609 bits per heavy atom. The molecule has 0 saturated heterocycles. The molecule has 0 bridgehead atoms. The average Bonchev–Trinajstić information content (AvgIpc) is 0.695. The number of hydrogen-bond acceptors (Lipinski definition) is 2. The number of sulfone groups is 1. The fraction of sp³-hybridized carbons (Fsp3) is 0.571. The van der Waals surface area contributed by atoms with Crippen molar-refractivity contribution in [1.29, 1.82) is 0 Å². The summed E-state index contributed by atoms with van der Waals surface area (Å²) >= 11 is 0. The molecule has 6 aromatic carbocycles. The van der Waals surface area contributed by atoms with Crippen molar-refractivity contribution >= 4 is 9.84 Å². The van der Waals surface area contributed by atoms with Crippen LogP contribution in [0.3, 0.4) is 0 Å². The van der Waals surface area contributed by atoms with Crippen LogP contribution in [0.25, 0.3) is 44.5 Å². The summed E-state index contributed by atoms with van der Waals surface area (Å²) in [5.41, 5.74) is 16.7. The van der Waals surface area contributed by atoms with Gasteiger partial charge in [-0.05, 0) is 189 Å². The van der Waals surface area contributed by atoms with Gasteiger partial charge in [-0.3, -0.25) is 0 Å². The molecule has 87 heavy (non-hydrogen) atoms. The fourth-order valence-corrected chi connectivity index (χ4v) is 14.2. The van der Waals surface area contributed by atoms with E-state index >= 15 is 8.42 Å². The van der Waals surface area contributed by atoms with Gasteiger partial charge in [-0.15, -0.1) is 0 Å². The summed E-state index contributed by atoms with van der Waals surface area (Å²) in [6.45, 7) is 83.9. The highest BCUT2D eigenvalue weighted by molar-refractivity contribution is 7.91. The summed E-state index contributed by atoms with van der Waals surface area (Å²) in [6.07, 6.45) is 0. The largest absolute Gasteiger partial charge is 0.218 e. The van der Waals surface area contributed by atoms with Crippen LogP contribution in [0.4, 0.5) is 0 Å². The van der Waals surface area contributed by atoms with E-state index in [1.54, 1.807) is 24.3 Å². The standard InChI is InChI=1S/C84H120O2S/c1-73(2,3)51-42-58(77(13,14)15)66(59(43-51)78(16,17)18)56-50-57(67-60(79(19,20)21)44-52(74(4,5)6)45-61(67)80(22,23)24)69(71-64(83(31,32)33)48-54(76(10,11)12)49-65(71)84(34,35)36)72(87(85,86)55-40-38-37-39-41-55)68(56)70-62(81(25,26)27)46-53(75(7,8)9)47-63(70)82(28,29)30/h38-49H,1-36H3. The van der Waals surface area contributed by atoms with Crippen molar-refractivity contribution < 1.29 is 8.42 Å². The average molecular weight is 1190 g/mol. The normalized spacial score (nSPS) is 14.3. The molecule has 6 rings (SSSR count). The van der Waals surface area contributed by atoms with Crippen molar-refractivity contribution in [2.45, 2.75) is 324 Å². The summed E-state index contributed by atoms with van der Waals surface area (Å²) in [7, 11) is -4.58. The Hall–Kier alpha value is -4.73. The Bertz CT molecular complexity index is 3340. The predicted octanol–water partition coefficient (Wildman–Crippen LogP) is 24.4. The van der Waals surface area contributed by atoms with Crippen molar-refractivity contribution in [2.24, 2.45) is 0 Å². The van der Waals surface area contributed by atoms with E-state index < -0.39 is 53.2 Å². The van der Waals surface area contributed by atoms with Gasteiger partial charge >= 0.3 is 0 Å². The molecule has 474 valence electrons. The predicted molar refractivity (Wildman–Crippen MR) is 382 cm³/mol.